The van der Waals surface area contributed by atoms with Crippen molar-refractivity contribution in [3.8, 4) is 0 Å². The summed E-state index contributed by atoms with van der Waals surface area (Å²) in [4.78, 5) is 2.25. The smallest absolute Gasteiger partial charge is 0.242 e. The number of rotatable bonds is 5. The Bertz CT molecular complexity index is 631. The second kappa shape index (κ2) is 5.55. The largest absolute Gasteiger partial charge is 0.395 e. The summed E-state index contributed by atoms with van der Waals surface area (Å²) >= 11 is 0. The van der Waals surface area contributed by atoms with Gasteiger partial charge in [-0.15, -0.1) is 0 Å². The molecular formula is C14H20FN3O2S. The standard InChI is InChI=1S/C14H20FN3O2S/c15-12-2-1-3-13(14(12)16)21(19,20)17-8-10-6-7-18(9-10)11-4-5-11/h1-3,10-11,17H,4-9,16H2. The van der Waals surface area contributed by atoms with Crippen molar-refractivity contribution in [2.24, 2.45) is 5.92 Å². The lowest BCUT2D eigenvalue weighted by Crippen LogP contribution is -2.32. The average molecular weight is 313 g/mol. The number of hydrogen-bond acceptors (Lipinski definition) is 4. The van der Waals surface area contributed by atoms with E-state index in [-0.39, 0.29) is 10.6 Å². The Morgan fingerprint density at radius 1 is 1.33 bits per heavy atom. The number of halogens is 1. The molecule has 0 amide bonds. The normalized spacial score (nSPS) is 23.6. The minimum absolute atomic E-state index is 0.181. The third-order valence-corrected chi connectivity index (χ3v) is 5.73. The molecule has 1 aromatic rings. The van der Waals surface area contributed by atoms with Gasteiger partial charge < -0.3 is 10.6 Å². The van der Waals surface area contributed by atoms with Crippen LogP contribution in [-0.4, -0.2) is 39.0 Å². The van der Waals surface area contributed by atoms with Crippen molar-refractivity contribution in [2.75, 3.05) is 25.4 Å². The van der Waals surface area contributed by atoms with Crippen molar-refractivity contribution in [2.45, 2.75) is 30.2 Å². The minimum Gasteiger partial charge on any atom is -0.395 e. The SMILES string of the molecule is Nc1c(F)cccc1S(=O)(=O)NCC1CCN(C2CC2)C1. The molecule has 21 heavy (non-hydrogen) atoms. The quantitative estimate of drug-likeness (QED) is 0.800. The second-order valence-electron chi connectivity index (χ2n) is 5.88. The molecule has 0 aromatic heterocycles. The summed E-state index contributed by atoms with van der Waals surface area (Å²) < 4.78 is 40.4. The van der Waals surface area contributed by atoms with Crippen molar-refractivity contribution in [3.63, 3.8) is 0 Å². The zero-order valence-electron chi connectivity index (χ0n) is 11.8. The van der Waals surface area contributed by atoms with Crippen LogP contribution in [0.15, 0.2) is 23.1 Å². The molecule has 0 bridgehead atoms. The number of para-hydroxylation sites is 1. The first-order valence-corrected chi connectivity index (χ1v) is 8.73. The van der Waals surface area contributed by atoms with E-state index >= 15 is 0 Å². The van der Waals surface area contributed by atoms with Crippen molar-refractivity contribution in [1.29, 1.82) is 0 Å². The third-order valence-electron chi connectivity index (χ3n) is 4.24. The molecule has 5 nitrogen and oxygen atoms in total. The van der Waals surface area contributed by atoms with Crippen molar-refractivity contribution >= 4 is 15.7 Å². The maximum absolute atomic E-state index is 13.4. The summed E-state index contributed by atoms with van der Waals surface area (Å²) in [7, 11) is -3.76. The lowest BCUT2D eigenvalue weighted by Gasteiger charge is -2.15. The fourth-order valence-electron chi connectivity index (χ4n) is 2.86. The van der Waals surface area contributed by atoms with E-state index in [0.717, 1.165) is 25.6 Å². The number of anilines is 1. The van der Waals surface area contributed by atoms with Gasteiger partial charge in [-0.05, 0) is 43.9 Å². The summed E-state index contributed by atoms with van der Waals surface area (Å²) in [5, 5.41) is 0. The van der Waals surface area contributed by atoms with Crippen molar-refractivity contribution in [3.05, 3.63) is 24.0 Å². The van der Waals surface area contributed by atoms with Crippen LogP contribution < -0.4 is 10.5 Å². The molecule has 1 aliphatic heterocycles. The second-order valence-corrected chi connectivity index (χ2v) is 7.62. The van der Waals surface area contributed by atoms with Gasteiger partial charge in [-0.2, -0.15) is 0 Å². The summed E-state index contributed by atoms with van der Waals surface area (Å²) in [5.41, 5.74) is 5.20. The number of nitrogens with one attached hydrogen (secondary N) is 1. The van der Waals surface area contributed by atoms with Gasteiger partial charge in [0, 0.05) is 19.1 Å². The number of nitrogens with zero attached hydrogens (tertiary/aromatic N) is 1. The van der Waals surface area contributed by atoms with Crippen LogP contribution in [-0.2, 0) is 10.0 Å². The van der Waals surface area contributed by atoms with E-state index in [9.17, 15) is 12.8 Å². The predicted octanol–water partition coefficient (Wildman–Crippen LogP) is 1.17. The first-order valence-electron chi connectivity index (χ1n) is 7.25. The van der Waals surface area contributed by atoms with E-state index in [0.29, 0.717) is 18.5 Å². The molecular weight excluding hydrogens is 293 g/mol. The number of nitrogens with two attached hydrogens (primary N) is 1. The molecule has 2 aliphatic rings. The zero-order valence-corrected chi connectivity index (χ0v) is 12.6. The fourth-order valence-corrected chi connectivity index (χ4v) is 4.11. The summed E-state index contributed by atoms with van der Waals surface area (Å²) in [5.74, 6) is -0.395. The Labute approximate surface area is 124 Å². The molecule has 1 aliphatic carbocycles. The van der Waals surface area contributed by atoms with E-state index in [1.807, 2.05) is 0 Å². The Hall–Kier alpha value is -1.18. The zero-order chi connectivity index (χ0) is 15.0. The van der Waals surface area contributed by atoms with Gasteiger partial charge in [0.1, 0.15) is 10.7 Å². The maximum atomic E-state index is 13.4. The lowest BCUT2D eigenvalue weighted by atomic mass is 10.1. The van der Waals surface area contributed by atoms with Gasteiger partial charge in [-0.25, -0.2) is 17.5 Å². The maximum Gasteiger partial charge on any atom is 0.242 e. The molecule has 1 saturated carbocycles. The van der Waals surface area contributed by atoms with Crippen LogP contribution in [0.25, 0.3) is 0 Å². The van der Waals surface area contributed by atoms with Crippen LogP contribution in [0.3, 0.4) is 0 Å². The fraction of sp³-hybridized carbons (Fsp3) is 0.571. The average Bonchev–Trinajstić information content (AvgIpc) is 3.19. The first-order chi connectivity index (χ1) is 9.97. The highest BCUT2D eigenvalue weighted by molar-refractivity contribution is 7.89. The van der Waals surface area contributed by atoms with Gasteiger partial charge in [-0.1, -0.05) is 6.07 Å². The molecule has 0 spiro atoms. The number of likely N-dealkylation sites (tertiary alicyclic amines) is 1. The molecule has 3 N–H and O–H groups in total. The van der Waals surface area contributed by atoms with Gasteiger partial charge >= 0.3 is 0 Å². The molecule has 1 saturated heterocycles. The van der Waals surface area contributed by atoms with Gasteiger partial charge in [0.2, 0.25) is 10.0 Å². The molecule has 3 rings (SSSR count). The van der Waals surface area contributed by atoms with Crippen molar-refractivity contribution in [1.82, 2.24) is 9.62 Å². The summed E-state index contributed by atoms with van der Waals surface area (Å²) in [6, 6.07) is 4.54. The molecule has 116 valence electrons. The molecule has 0 radical (unpaired) electrons. The van der Waals surface area contributed by atoms with E-state index < -0.39 is 15.8 Å². The van der Waals surface area contributed by atoms with Crippen LogP contribution in [0, 0.1) is 11.7 Å². The minimum atomic E-state index is -3.76. The van der Waals surface area contributed by atoms with Crippen LogP contribution in [0.5, 0.6) is 0 Å². The monoisotopic (exact) mass is 313 g/mol. The lowest BCUT2D eigenvalue weighted by molar-refractivity contribution is 0.314. The highest BCUT2D eigenvalue weighted by Gasteiger charge is 2.34. The van der Waals surface area contributed by atoms with Gasteiger partial charge in [0.15, 0.2) is 0 Å². The Morgan fingerprint density at radius 2 is 2.10 bits per heavy atom. The summed E-state index contributed by atoms with van der Waals surface area (Å²) in [6.07, 6.45) is 3.52. The van der Waals surface area contributed by atoms with Crippen LogP contribution in [0.1, 0.15) is 19.3 Å². The number of benzene rings is 1. The number of nitrogen functional groups attached to an aromatic ring is 1. The first kappa shape index (κ1) is 14.7. The van der Waals surface area contributed by atoms with Gasteiger partial charge in [0.05, 0.1) is 5.69 Å². The van der Waals surface area contributed by atoms with Gasteiger partial charge in [0.25, 0.3) is 0 Å². The molecule has 7 heteroatoms. The van der Waals surface area contributed by atoms with E-state index in [1.54, 1.807) is 0 Å². The molecule has 1 aromatic carbocycles. The molecule has 1 heterocycles. The predicted molar refractivity (Wildman–Crippen MR) is 78.7 cm³/mol. The van der Waals surface area contributed by atoms with Crippen LogP contribution >= 0.6 is 0 Å². The Kier molecular flexibility index (Phi) is 3.90. The van der Waals surface area contributed by atoms with E-state index in [1.165, 1.54) is 25.0 Å². The third kappa shape index (κ3) is 3.20. The topological polar surface area (TPSA) is 75.4 Å². The molecule has 1 atom stereocenters. The highest BCUT2D eigenvalue weighted by Crippen LogP contribution is 2.31. The number of sulfonamides is 1. The Balaban J connectivity index is 1.62. The van der Waals surface area contributed by atoms with E-state index in [4.69, 9.17) is 5.73 Å². The van der Waals surface area contributed by atoms with E-state index in [2.05, 4.69) is 9.62 Å². The van der Waals surface area contributed by atoms with Crippen molar-refractivity contribution < 1.29 is 12.8 Å². The van der Waals surface area contributed by atoms with Gasteiger partial charge in [-0.3, -0.25) is 0 Å². The molecule has 1 unspecified atom stereocenters. The summed E-state index contributed by atoms with van der Waals surface area (Å²) in [6.45, 7) is 2.35. The van der Waals surface area contributed by atoms with Crippen LogP contribution in [0.2, 0.25) is 0 Å². The number of hydrogen-bond donors (Lipinski definition) is 2. The van der Waals surface area contributed by atoms with Crippen LogP contribution in [0.4, 0.5) is 10.1 Å². The molecule has 2 fully saturated rings. The Morgan fingerprint density at radius 3 is 2.81 bits per heavy atom. The highest BCUT2D eigenvalue weighted by atomic mass is 32.2.